The highest BCUT2D eigenvalue weighted by Crippen LogP contribution is 2.33. The second kappa shape index (κ2) is 9.27. The molecule has 3 aromatic rings. The van der Waals surface area contributed by atoms with Crippen molar-refractivity contribution in [3.8, 4) is 22.8 Å². The Balaban J connectivity index is 2.02. The van der Waals surface area contributed by atoms with Crippen molar-refractivity contribution >= 4 is 17.7 Å². The van der Waals surface area contributed by atoms with E-state index >= 15 is 0 Å². The van der Waals surface area contributed by atoms with E-state index in [1.54, 1.807) is 12.3 Å². The first-order valence-corrected chi connectivity index (χ1v) is 9.86. The minimum atomic E-state index is -0.0985. The zero-order valence-corrected chi connectivity index (χ0v) is 16.7. The molecular formula is C20H22N4O3S. The molecule has 0 unspecified atom stereocenters. The maximum absolute atomic E-state index is 12.0. The molecule has 1 aromatic carbocycles. The van der Waals surface area contributed by atoms with Crippen molar-refractivity contribution in [2.75, 3.05) is 18.9 Å². The third-order valence-electron chi connectivity index (χ3n) is 3.92. The van der Waals surface area contributed by atoms with Crippen LogP contribution >= 0.6 is 11.8 Å². The maximum Gasteiger partial charge on any atom is 0.230 e. The van der Waals surface area contributed by atoms with Crippen molar-refractivity contribution in [2.24, 2.45) is 0 Å². The van der Waals surface area contributed by atoms with Gasteiger partial charge >= 0.3 is 0 Å². The highest BCUT2D eigenvalue weighted by molar-refractivity contribution is 7.99. The van der Waals surface area contributed by atoms with Gasteiger partial charge in [0.25, 0.3) is 0 Å². The SMILES string of the molecule is C=CCNC(=O)CSc1nnc(-c2ccoc2C)n1-c1ccccc1OCC. The standard InChI is InChI=1S/C20H22N4O3S/c1-4-11-21-18(25)13-28-20-23-22-19(15-10-12-27-14(15)3)24(20)16-8-6-7-9-17(16)26-5-2/h4,6-10,12H,1,5,11,13H2,2-3H3,(H,21,25). The molecule has 28 heavy (non-hydrogen) atoms. The summed E-state index contributed by atoms with van der Waals surface area (Å²) >= 11 is 1.31. The normalized spacial score (nSPS) is 10.6. The molecule has 1 N–H and O–H groups in total. The van der Waals surface area contributed by atoms with Gasteiger partial charge in [-0.15, -0.1) is 16.8 Å². The van der Waals surface area contributed by atoms with Crippen molar-refractivity contribution in [1.29, 1.82) is 0 Å². The van der Waals surface area contributed by atoms with Crippen LogP contribution in [0.5, 0.6) is 5.75 Å². The monoisotopic (exact) mass is 398 g/mol. The molecule has 0 atom stereocenters. The minimum absolute atomic E-state index is 0.0985. The highest BCUT2D eigenvalue weighted by Gasteiger charge is 2.21. The number of benzene rings is 1. The van der Waals surface area contributed by atoms with Crippen molar-refractivity contribution < 1.29 is 13.9 Å². The minimum Gasteiger partial charge on any atom is -0.492 e. The third-order valence-corrected chi connectivity index (χ3v) is 4.84. The Labute approximate surface area is 167 Å². The Bertz CT molecular complexity index is 964. The molecule has 2 heterocycles. The van der Waals surface area contributed by atoms with Crippen molar-refractivity contribution in [3.05, 3.63) is 55.0 Å². The molecule has 1 amide bonds. The van der Waals surface area contributed by atoms with Gasteiger partial charge in [0, 0.05) is 6.54 Å². The van der Waals surface area contributed by atoms with Crippen LogP contribution in [-0.4, -0.2) is 39.6 Å². The van der Waals surface area contributed by atoms with Crippen LogP contribution in [0, 0.1) is 6.92 Å². The van der Waals surface area contributed by atoms with Crippen LogP contribution in [0.15, 0.2) is 58.8 Å². The zero-order valence-electron chi connectivity index (χ0n) is 15.8. The first kappa shape index (κ1) is 19.8. The summed E-state index contributed by atoms with van der Waals surface area (Å²) in [5.41, 5.74) is 1.64. The molecular weight excluding hydrogens is 376 g/mol. The predicted octanol–water partition coefficient (Wildman–Crippen LogP) is 3.63. The van der Waals surface area contributed by atoms with E-state index < -0.39 is 0 Å². The highest BCUT2D eigenvalue weighted by atomic mass is 32.2. The summed E-state index contributed by atoms with van der Waals surface area (Å²) in [4.78, 5) is 12.0. The lowest BCUT2D eigenvalue weighted by Crippen LogP contribution is -2.25. The summed E-state index contributed by atoms with van der Waals surface area (Å²) in [5, 5.41) is 12.0. The van der Waals surface area contributed by atoms with Gasteiger partial charge in [-0.1, -0.05) is 30.0 Å². The van der Waals surface area contributed by atoms with E-state index in [4.69, 9.17) is 9.15 Å². The van der Waals surface area contributed by atoms with Gasteiger partial charge in [-0.25, -0.2) is 0 Å². The van der Waals surface area contributed by atoms with Gasteiger partial charge in [0.05, 0.1) is 29.9 Å². The average Bonchev–Trinajstić information content (AvgIpc) is 3.31. The summed E-state index contributed by atoms with van der Waals surface area (Å²) in [5.74, 6) is 2.20. The van der Waals surface area contributed by atoms with Crippen LogP contribution in [0.25, 0.3) is 17.1 Å². The number of nitrogens with one attached hydrogen (secondary N) is 1. The molecule has 0 aliphatic carbocycles. The number of carbonyl (C=O) groups is 1. The molecule has 8 heteroatoms. The van der Waals surface area contributed by atoms with Gasteiger partial charge in [0.1, 0.15) is 11.5 Å². The smallest absolute Gasteiger partial charge is 0.230 e. The van der Waals surface area contributed by atoms with Gasteiger partial charge in [0.15, 0.2) is 11.0 Å². The molecule has 7 nitrogen and oxygen atoms in total. The number of amides is 1. The first-order chi connectivity index (χ1) is 13.7. The van der Waals surface area contributed by atoms with Gasteiger partial charge in [-0.3, -0.25) is 9.36 Å². The number of hydrogen-bond donors (Lipinski definition) is 1. The van der Waals surface area contributed by atoms with E-state index in [1.165, 1.54) is 11.8 Å². The van der Waals surface area contributed by atoms with E-state index in [-0.39, 0.29) is 11.7 Å². The molecule has 0 spiro atoms. The van der Waals surface area contributed by atoms with Crippen LogP contribution < -0.4 is 10.1 Å². The second-order valence-corrected chi connectivity index (χ2v) is 6.76. The number of ether oxygens (including phenoxy) is 1. The zero-order chi connectivity index (χ0) is 19.9. The molecule has 0 aliphatic heterocycles. The number of nitrogens with zero attached hydrogens (tertiary/aromatic N) is 3. The number of thioether (sulfide) groups is 1. The number of hydrogen-bond acceptors (Lipinski definition) is 6. The Morgan fingerprint density at radius 2 is 2.18 bits per heavy atom. The summed E-state index contributed by atoms with van der Waals surface area (Å²) in [6.45, 7) is 8.37. The molecule has 0 fully saturated rings. The van der Waals surface area contributed by atoms with E-state index in [0.29, 0.717) is 29.9 Å². The summed E-state index contributed by atoms with van der Waals surface area (Å²) in [7, 11) is 0. The number of aromatic nitrogens is 3. The van der Waals surface area contributed by atoms with Crippen LogP contribution in [0.1, 0.15) is 12.7 Å². The van der Waals surface area contributed by atoms with Gasteiger partial charge < -0.3 is 14.5 Å². The number of rotatable bonds is 9. The summed E-state index contributed by atoms with van der Waals surface area (Å²) in [6.07, 6.45) is 3.26. The first-order valence-electron chi connectivity index (χ1n) is 8.88. The van der Waals surface area contributed by atoms with Crippen LogP contribution in [0.4, 0.5) is 0 Å². The Morgan fingerprint density at radius 1 is 1.36 bits per heavy atom. The number of para-hydroxylation sites is 2. The molecule has 0 saturated heterocycles. The largest absolute Gasteiger partial charge is 0.492 e. The predicted molar refractivity (Wildman–Crippen MR) is 109 cm³/mol. The molecule has 146 valence electrons. The van der Waals surface area contributed by atoms with E-state index in [2.05, 4.69) is 22.1 Å². The maximum atomic E-state index is 12.0. The molecule has 0 radical (unpaired) electrons. The summed E-state index contributed by atoms with van der Waals surface area (Å²) in [6, 6.07) is 9.53. The van der Waals surface area contributed by atoms with Crippen LogP contribution in [0.2, 0.25) is 0 Å². The average molecular weight is 398 g/mol. The van der Waals surface area contributed by atoms with E-state index in [0.717, 1.165) is 17.0 Å². The van der Waals surface area contributed by atoms with Crippen molar-refractivity contribution in [2.45, 2.75) is 19.0 Å². The Kier molecular flexibility index (Phi) is 6.54. The fourth-order valence-electron chi connectivity index (χ4n) is 2.66. The lowest BCUT2D eigenvalue weighted by Gasteiger charge is -2.14. The lowest BCUT2D eigenvalue weighted by molar-refractivity contribution is -0.118. The lowest BCUT2D eigenvalue weighted by atomic mass is 10.2. The van der Waals surface area contributed by atoms with E-state index in [9.17, 15) is 4.79 Å². The molecule has 0 aliphatic rings. The number of furan rings is 1. The molecule has 0 bridgehead atoms. The molecule has 2 aromatic heterocycles. The van der Waals surface area contributed by atoms with Gasteiger partial charge in [0.2, 0.25) is 5.91 Å². The fourth-order valence-corrected chi connectivity index (χ4v) is 3.43. The quantitative estimate of drug-likeness (QED) is 0.438. The van der Waals surface area contributed by atoms with E-state index in [1.807, 2.05) is 48.7 Å². The van der Waals surface area contributed by atoms with Crippen LogP contribution in [0.3, 0.4) is 0 Å². The van der Waals surface area contributed by atoms with Crippen molar-refractivity contribution in [1.82, 2.24) is 20.1 Å². The molecule has 3 rings (SSSR count). The molecule has 0 saturated carbocycles. The second-order valence-electron chi connectivity index (χ2n) is 5.81. The number of aryl methyl sites for hydroxylation is 1. The van der Waals surface area contributed by atoms with Crippen LogP contribution in [-0.2, 0) is 4.79 Å². The Morgan fingerprint density at radius 3 is 2.89 bits per heavy atom. The topological polar surface area (TPSA) is 82.2 Å². The Hall–Kier alpha value is -3.00. The summed E-state index contributed by atoms with van der Waals surface area (Å²) < 4.78 is 13.1. The van der Waals surface area contributed by atoms with Gasteiger partial charge in [-0.05, 0) is 32.0 Å². The van der Waals surface area contributed by atoms with Gasteiger partial charge in [-0.2, -0.15) is 0 Å². The number of carbonyl (C=O) groups excluding carboxylic acids is 1. The van der Waals surface area contributed by atoms with Crippen molar-refractivity contribution in [3.63, 3.8) is 0 Å². The fraction of sp³-hybridized carbons (Fsp3) is 0.250. The third kappa shape index (κ3) is 4.28.